The molecule has 66 heavy (non-hydrogen) atoms. The summed E-state index contributed by atoms with van der Waals surface area (Å²) in [6, 6.07) is 0.911. The number of nitrogens with one attached hydrogen (secondary N) is 4. The van der Waals surface area contributed by atoms with E-state index in [9.17, 15) is 53.7 Å². The van der Waals surface area contributed by atoms with Crippen molar-refractivity contribution in [3.63, 3.8) is 0 Å². The zero-order valence-electron chi connectivity index (χ0n) is 38.5. The minimum atomic E-state index is -1.91. The molecule has 1 aromatic carbocycles. The van der Waals surface area contributed by atoms with Gasteiger partial charge in [-0.15, -0.1) is 0 Å². The normalized spacial score (nSPS) is 25.1. The molecule has 5 amide bonds. The van der Waals surface area contributed by atoms with Gasteiger partial charge in [0.05, 0.1) is 24.0 Å². The zero-order chi connectivity index (χ0) is 49.8. The number of benzene rings is 1. The number of methoxy groups -OCH3 is 1. The van der Waals surface area contributed by atoms with E-state index >= 15 is 0 Å². The molecule has 2 rings (SSSR count). The Morgan fingerprint density at radius 1 is 0.924 bits per heavy atom. The van der Waals surface area contributed by atoms with Gasteiger partial charge in [0.15, 0.2) is 5.96 Å². The van der Waals surface area contributed by atoms with Crippen molar-refractivity contribution in [1.29, 1.82) is 0 Å². The Balaban J connectivity index is 2.69. The van der Waals surface area contributed by atoms with E-state index in [4.69, 9.17) is 21.9 Å². The monoisotopic (exact) mass is 945 g/mol. The molecule has 1 aliphatic heterocycles. The fourth-order valence-electron chi connectivity index (χ4n) is 7.08. The first-order valence-electron chi connectivity index (χ1n) is 21.5. The molecule has 1 fully saturated rings. The van der Waals surface area contributed by atoms with Crippen molar-refractivity contribution in [3.05, 3.63) is 59.7 Å². The fraction of sp³-hybridized carbons (Fsp3) is 0.568. The number of carboxylic acid groups (broad SMARTS) is 3. The van der Waals surface area contributed by atoms with Crippen molar-refractivity contribution in [3.8, 4) is 0 Å². The van der Waals surface area contributed by atoms with Crippen molar-refractivity contribution < 1.29 is 58.4 Å². The molecule has 0 radical (unpaired) electrons. The van der Waals surface area contributed by atoms with Gasteiger partial charge in [0.2, 0.25) is 29.5 Å². The predicted molar refractivity (Wildman–Crippen MR) is 248 cm³/mol. The highest BCUT2D eigenvalue weighted by Gasteiger charge is 2.40. The average Bonchev–Trinajstić information content (AvgIpc) is 3.26. The van der Waals surface area contributed by atoms with Crippen molar-refractivity contribution in [2.24, 2.45) is 39.9 Å². The summed E-state index contributed by atoms with van der Waals surface area (Å²) in [5, 5.41) is 39.0. The number of allylic oxidation sites excluding steroid dienone is 2. The minimum Gasteiger partial charge on any atom is -0.480 e. The third-order valence-corrected chi connectivity index (χ3v) is 12.6. The average molecular weight is 946 g/mol. The Labute approximate surface area is 389 Å². The number of carbonyl (C=O) groups excluding carboxylic acids is 5. The van der Waals surface area contributed by atoms with Crippen LogP contribution in [0.25, 0.3) is 0 Å². The molecule has 0 aliphatic carbocycles. The second kappa shape index (κ2) is 27.5. The number of likely N-dealkylation sites (N-methyl/N-ethyl adjacent to an activating group) is 1. The van der Waals surface area contributed by atoms with Crippen molar-refractivity contribution >= 4 is 65.2 Å². The van der Waals surface area contributed by atoms with Crippen LogP contribution in [-0.4, -0.2) is 148 Å². The molecule has 13 N–H and O–H groups in total. The molecule has 0 bridgehead atoms. The molecule has 1 saturated heterocycles. The van der Waals surface area contributed by atoms with E-state index < -0.39 is 114 Å². The van der Waals surface area contributed by atoms with Gasteiger partial charge >= 0.3 is 17.9 Å². The molecule has 1 aromatic rings. The molecule has 366 valence electrons. The number of rotatable bonds is 18. The number of carbonyl (C=O) groups is 8. The Kier molecular flexibility index (Phi) is 23.4. The van der Waals surface area contributed by atoms with Gasteiger partial charge in [0.25, 0.3) is 0 Å². The summed E-state index contributed by atoms with van der Waals surface area (Å²) in [7, 11) is 2.84. The summed E-state index contributed by atoms with van der Waals surface area (Å²) in [6.07, 6.45) is 4.72. The lowest BCUT2D eigenvalue weighted by Gasteiger charge is -2.33. The quantitative estimate of drug-likeness (QED) is 0.0400. The summed E-state index contributed by atoms with van der Waals surface area (Å²) in [6.45, 7) is 7.99. The summed E-state index contributed by atoms with van der Waals surface area (Å²) in [4.78, 5) is 111. The molecule has 0 spiro atoms. The van der Waals surface area contributed by atoms with E-state index in [1.54, 1.807) is 19.3 Å². The Bertz CT molecular complexity index is 1950. The van der Waals surface area contributed by atoms with Gasteiger partial charge in [0, 0.05) is 44.0 Å². The van der Waals surface area contributed by atoms with E-state index in [0.717, 1.165) is 27.8 Å². The highest BCUT2D eigenvalue weighted by atomic mass is 32.2. The number of aliphatic imine (C=N–C) groups is 1. The van der Waals surface area contributed by atoms with E-state index in [-0.39, 0.29) is 43.1 Å². The van der Waals surface area contributed by atoms with E-state index in [1.807, 2.05) is 50.3 Å². The second-order valence-corrected chi connectivity index (χ2v) is 17.8. The number of ether oxygens (including phenoxy) is 1. The van der Waals surface area contributed by atoms with Gasteiger partial charge in [-0.3, -0.25) is 33.8 Å². The number of hydrogen-bond acceptors (Lipinski definition) is 12. The maximum Gasteiger partial charge on any atom is 0.327 e. The minimum absolute atomic E-state index is 0.0418. The number of carboxylic acids is 3. The molecule has 0 aromatic heterocycles. The summed E-state index contributed by atoms with van der Waals surface area (Å²) < 4.78 is 5.80. The SMILES string of the molecule is CO[C@@H](Cc1ccccc1)[C@@H](C)/C=C(C)/C=C/[C@@H]1NC(=O)[C@H](CCCN=C(N)N)NC(=O)[C@@H](C)[C@H](C(=O)O)NC(=O)C(C(C)SC[C@H](N)C(=O)O)N(C)C(=O)CC[C@H](C(=O)O)NC(=O)[C@H]1C. The molecule has 11 atom stereocenters. The van der Waals surface area contributed by atoms with Gasteiger partial charge in [-0.05, 0) is 38.2 Å². The van der Waals surface area contributed by atoms with Crippen LogP contribution in [0.2, 0.25) is 0 Å². The van der Waals surface area contributed by atoms with Crippen LogP contribution in [0.4, 0.5) is 0 Å². The fourth-order valence-corrected chi connectivity index (χ4v) is 8.22. The van der Waals surface area contributed by atoms with E-state index in [0.29, 0.717) is 6.42 Å². The van der Waals surface area contributed by atoms with Gasteiger partial charge in [0.1, 0.15) is 30.2 Å². The number of amides is 5. The number of guanidine groups is 1. The lowest BCUT2D eigenvalue weighted by Crippen LogP contribution is -2.59. The summed E-state index contributed by atoms with van der Waals surface area (Å²) in [5.41, 5.74) is 18.5. The number of thioether (sulfide) groups is 1. The first-order valence-corrected chi connectivity index (χ1v) is 22.5. The first-order chi connectivity index (χ1) is 31.0. The second-order valence-electron chi connectivity index (χ2n) is 16.4. The summed E-state index contributed by atoms with van der Waals surface area (Å²) >= 11 is 0.904. The van der Waals surface area contributed by atoms with Crippen molar-refractivity contribution in [2.75, 3.05) is 26.5 Å². The summed E-state index contributed by atoms with van der Waals surface area (Å²) in [5.74, 6) is -12.0. The standard InChI is InChI=1S/C44H67N9O12S/c1-23(20-24(2)33(65-7)21-28-12-9-8-10-13-28)15-16-30-25(3)37(55)51-32(42(61)62)17-18-34(54)53(6)36(27(5)66-22-29(45)41(59)60)40(58)52-35(43(63)64)26(4)38(56)50-31(39(57)49-30)14-11-19-48-44(46)47/h8-10,12-13,15-16,20,24-27,29-33,35-36H,11,14,17-19,21-22,45H2,1-7H3,(H,49,57)(H,50,56)(H,51,55)(H,52,58)(H,59,60)(H,61,62)(H,63,64)(H4,46,47,48)/b16-15+,23-20+/t24-,25-,26-,27?,29-,30-,31-,32+,33-,35+,36?/m0/s1. The van der Waals surface area contributed by atoms with Crippen LogP contribution in [0.5, 0.6) is 0 Å². The molecule has 1 aliphatic rings. The molecule has 2 unspecified atom stereocenters. The lowest BCUT2D eigenvalue weighted by molar-refractivity contribution is -0.148. The Hall–Kier alpha value is -6.00. The maximum absolute atomic E-state index is 14.2. The van der Waals surface area contributed by atoms with Gasteiger partial charge in [-0.1, -0.05) is 81.8 Å². The molecular formula is C44H67N9O12S. The molecule has 1 heterocycles. The Morgan fingerprint density at radius 3 is 2.14 bits per heavy atom. The van der Waals surface area contributed by atoms with Crippen LogP contribution in [0.15, 0.2) is 59.1 Å². The topological polar surface area (TPSA) is 348 Å². The van der Waals surface area contributed by atoms with Crippen LogP contribution < -0.4 is 38.5 Å². The highest BCUT2D eigenvalue weighted by molar-refractivity contribution is 8.00. The van der Waals surface area contributed by atoms with Gasteiger partial charge < -0.3 is 63.4 Å². The van der Waals surface area contributed by atoms with Crippen LogP contribution in [0, 0.1) is 17.8 Å². The molecule has 22 heteroatoms. The Morgan fingerprint density at radius 2 is 1.56 bits per heavy atom. The molecule has 21 nitrogen and oxygen atoms in total. The zero-order valence-corrected chi connectivity index (χ0v) is 39.3. The number of nitrogens with zero attached hydrogens (tertiary/aromatic N) is 2. The van der Waals surface area contributed by atoms with E-state index in [2.05, 4.69) is 26.3 Å². The lowest BCUT2D eigenvalue weighted by atomic mass is 9.94. The van der Waals surface area contributed by atoms with Crippen molar-refractivity contribution in [2.45, 2.75) is 114 Å². The van der Waals surface area contributed by atoms with Crippen molar-refractivity contribution in [1.82, 2.24) is 26.2 Å². The molecule has 0 saturated carbocycles. The van der Waals surface area contributed by atoms with Crippen LogP contribution in [0.1, 0.15) is 65.9 Å². The maximum atomic E-state index is 14.2. The van der Waals surface area contributed by atoms with Crippen LogP contribution in [-0.2, 0) is 49.5 Å². The smallest absolute Gasteiger partial charge is 0.327 e. The van der Waals surface area contributed by atoms with Crippen LogP contribution in [0.3, 0.4) is 0 Å². The number of hydrogen-bond donors (Lipinski definition) is 10. The first kappa shape index (κ1) is 56.1. The number of aliphatic carboxylic acids is 3. The third kappa shape index (κ3) is 18.1. The van der Waals surface area contributed by atoms with Gasteiger partial charge in [-0.2, -0.15) is 11.8 Å². The van der Waals surface area contributed by atoms with Gasteiger partial charge in [-0.25, -0.2) is 9.59 Å². The molecular weight excluding hydrogens is 879 g/mol. The van der Waals surface area contributed by atoms with E-state index in [1.165, 1.54) is 27.8 Å². The third-order valence-electron chi connectivity index (χ3n) is 11.2. The predicted octanol–water partition coefficient (Wildman–Crippen LogP) is -0.0287. The highest BCUT2D eigenvalue weighted by Crippen LogP contribution is 2.22. The largest absolute Gasteiger partial charge is 0.480 e. The van der Waals surface area contributed by atoms with Crippen LogP contribution >= 0.6 is 11.8 Å². The number of nitrogens with two attached hydrogens (primary N) is 3.